The van der Waals surface area contributed by atoms with Crippen molar-refractivity contribution in [2.24, 2.45) is 0 Å². The van der Waals surface area contributed by atoms with Gasteiger partial charge in [0.2, 0.25) is 0 Å². The van der Waals surface area contributed by atoms with E-state index in [9.17, 15) is 4.79 Å². The second kappa shape index (κ2) is 5.54. The van der Waals surface area contributed by atoms with Gasteiger partial charge in [-0.25, -0.2) is 0 Å². The molecule has 0 aliphatic heterocycles. The molecule has 0 aliphatic rings. The van der Waals surface area contributed by atoms with Crippen LogP contribution in [0.25, 0.3) is 0 Å². The van der Waals surface area contributed by atoms with Crippen molar-refractivity contribution >= 4 is 38.9 Å². The predicted octanol–water partition coefficient (Wildman–Crippen LogP) is 3.58. The molecule has 1 amide bonds. The van der Waals surface area contributed by atoms with Gasteiger partial charge in [-0.05, 0) is 36.6 Å². The first-order chi connectivity index (χ1) is 8.56. The molecule has 3 nitrogen and oxygen atoms in total. The molecule has 0 saturated heterocycles. The van der Waals surface area contributed by atoms with Crippen molar-refractivity contribution in [1.82, 2.24) is 5.32 Å². The summed E-state index contributed by atoms with van der Waals surface area (Å²) in [7, 11) is 0. The lowest BCUT2D eigenvalue weighted by Gasteiger charge is -2.12. The normalized spacial score (nSPS) is 12.1. The van der Waals surface area contributed by atoms with Gasteiger partial charge in [-0.3, -0.25) is 4.79 Å². The van der Waals surface area contributed by atoms with Crippen LogP contribution in [0.4, 0.5) is 5.69 Å². The van der Waals surface area contributed by atoms with Gasteiger partial charge in [-0.1, -0.05) is 22.0 Å². The zero-order valence-electron chi connectivity index (χ0n) is 9.81. The van der Waals surface area contributed by atoms with Gasteiger partial charge >= 0.3 is 0 Å². The van der Waals surface area contributed by atoms with E-state index in [1.807, 2.05) is 24.4 Å². The summed E-state index contributed by atoms with van der Waals surface area (Å²) in [6.45, 7) is 1.96. The summed E-state index contributed by atoms with van der Waals surface area (Å²) in [6, 6.07) is 9.16. The van der Waals surface area contributed by atoms with Crippen LogP contribution in [0, 0.1) is 0 Å². The van der Waals surface area contributed by atoms with Crippen LogP contribution in [0.5, 0.6) is 0 Å². The fraction of sp³-hybridized carbons (Fsp3) is 0.154. The molecule has 1 aromatic carbocycles. The largest absolute Gasteiger partial charge is 0.399 e. The molecule has 94 valence electrons. The van der Waals surface area contributed by atoms with E-state index in [4.69, 9.17) is 5.73 Å². The smallest absolute Gasteiger partial charge is 0.251 e. The zero-order chi connectivity index (χ0) is 13.1. The molecule has 0 bridgehead atoms. The molecule has 0 fully saturated rings. The van der Waals surface area contributed by atoms with E-state index >= 15 is 0 Å². The molecule has 2 aromatic rings. The van der Waals surface area contributed by atoms with E-state index in [1.54, 1.807) is 29.5 Å². The Morgan fingerprint density at radius 3 is 2.83 bits per heavy atom. The van der Waals surface area contributed by atoms with Gasteiger partial charge in [-0.2, -0.15) is 0 Å². The molecule has 0 aliphatic carbocycles. The summed E-state index contributed by atoms with van der Waals surface area (Å²) in [6.07, 6.45) is 0. The minimum absolute atomic E-state index is 0.00212. The van der Waals surface area contributed by atoms with Gasteiger partial charge in [0.05, 0.1) is 6.04 Å². The number of nitrogens with two attached hydrogens (primary N) is 1. The van der Waals surface area contributed by atoms with Crippen molar-refractivity contribution < 1.29 is 4.79 Å². The van der Waals surface area contributed by atoms with Crippen molar-refractivity contribution in [1.29, 1.82) is 0 Å². The molecule has 18 heavy (non-hydrogen) atoms. The van der Waals surface area contributed by atoms with E-state index < -0.39 is 0 Å². The van der Waals surface area contributed by atoms with Crippen LogP contribution in [0.3, 0.4) is 0 Å². The number of amides is 1. The maximum Gasteiger partial charge on any atom is 0.251 e. The van der Waals surface area contributed by atoms with Crippen LogP contribution in [0.2, 0.25) is 0 Å². The number of carbonyl (C=O) groups is 1. The van der Waals surface area contributed by atoms with Crippen LogP contribution in [0.1, 0.15) is 28.2 Å². The van der Waals surface area contributed by atoms with Gasteiger partial charge in [0.1, 0.15) is 0 Å². The van der Waals surface area contributed by atoms with E-state index in [1.165, 1.54) is 0 Å². The Labute approximate surface area is 118 Å². The minimum atomic E-state index is -0.121. The molecule has 0 unspecified atom stereocenters. The summed E-state index contributed by atoms with van der Waals surface area (Å²) in [5, 5.41) is 4.94. The van der Waals surface area contributed by atoms with Gasteiger partial charge in [0, 0.05) is 20.6 Å². The van der Waals surface area contributed by atoms with Crippen molar-refractivity contribution in [3.63, 3.8) is 0 Å². The van der Waals surface area contributed by atoms with E-state index in [0.29, 0.717) is 11.3 Å². The van der Waals surface area contributed by atoms with Crippen LogP contribution < -0.4 is 11.1 Å². The third-order valence-corrected chi connectivity index (χ3v) is 4.01. The van der Waals surface area contributed by atoms with Gasteiger partial charge in [0.15, 0.2) is 0 Å². The fourth-order valence-electron chi connectivity index (χ4n) is 1.63. The highest BCUT2D eigenvalue weighted by Crippen LogP contribution is 2.20. The van der Waals surface area contributed by atoms with E-state index in [-0.39, 0.29) is 11.9 Å². The first kappa shape index (κ1) is 13.1. The molecule has 3 N–H and O–H groups in total. The Morgan fingerprint density at radius 1 is 1.44 bits per heavy atom. The van der Waals surface area contributed by atoms with E-state index in [0.717, 1.165) is 9.35 Å². The molecule has 1 heterocycles. The average molecular weight is 325 g/mol. The number of hydrogen-bond donors (Lipinski definition) is 2. The number of benzene rings is 1. The maximum atomic E-state index is 12.1. The number of carbonyl (C=O) groups excluding carboxylic acids is 1. The highest BCUT2D eigenvalue weighted by atomic mass is 79.9. The standard InChI is InChI=1S/C13H13BrN2OS/c1-8(12-3-2-4-18-12)16-13(17)9-5-10(14)7-11(15)6-9/h2-8H,15H2,1H3,(H,16,17)/t8-/m1/s1. The minimum Gasteiger partial charge on any atom is -0.399 e. The Balaban J connectivity index is 2.12. The molecule has 0 spiro atoms. The molecular weight excluding hydrogens is 312 g/mol. The maximum absolute atomic E-state index is 12.1. The predicted molar refractivity (Wildman–Crippen MR) is 78.8 cm³/mol. The topological polar surface area (TPSA) is 55.1 Å². The summed E-state index contributed by atoms with van der Waals surface area (Å²) in [4.78, 5) is 13.2. The highest BCUT2D eigenvalue weighted by molar-refractivity contribution is 9.10. The van der Waals surface area contributed by atoms with Gasteiger partial charge in [-0.15, -0.1) is 11.3 Å². The SMILES string of the molecule is C[C@@H](NC(=O)c1cc(N)cc(Br)c1)c1cccs1. The number of thiophene rings is 1. The van der Waals surface area contributed by atoms with Crippen LogP contribution >= 0.6 is 27.3 Å². The Bertz CT molecular complexity index is 534. The number of anilines is 1. The van der Waals surface area contributed by atoms with Crippen molar-refractivity contribution in [3.8, 4) is 0 Å². The molecule has 0 radical (unpaired) electrons. The summed E-state index contributed by atoms with van der Waals surface area (Å²) >= 11 is 4.95. The van der Waals surface area contributed by atoms with Crippen LogP contribution in [-0.2, 0) is 0 Å². The third-order valence-electron chi connectivity index (χ3n) is 2.50. The van der Waals surface area contributed by atoms with Crippen molar-refractivity contribution in [2.75, 3.05) is 5.73 Å². The second-order valence-electron chi connectivity index (χ2n) is 3.98. The quantitative estimate of drug-likeness (QED) is 0.848. The number of halogens is 1. The molecular formula is C13H13BrN2OS. The van der Waals surface area contributed by atoms with Crippen LogP contribution in [0.15, 0.2) is 40.2 Å². The Morgan fingerprint density at radius 2 is 2.22 bits per heavy atom. The van der Waals surface area contributed by atoms with Crippen molar-refractivity contribution in [3.05, 3.63) is 50.6 Å². The average Bonchev–Trinajstić information content (AvgIpc) is 2.80. The van der Waals surface area contributed by atoms with Crippen molar-refractivity contribution in [2.45, 2.75) is 13.0 Å². The number of rotatable bonds is 3. The van der Waals surface area contributed by atoms with Gasteiger partial charge < -0.3 is 11.1 Å². The zero-order valence-corrected chi connectivity index (χ0v) is 12.2. The monoisotopic (exact) mass is 324 g/mol. The Hall–Kier alpha value is -1.33. The number of nitrogen functional groups attached to an aromatic ring is 1. The molecule has 0 saturated carbocycles. The molecule has 1 atom stereocenters. The molecule has 5 heteroatoms. The third kappa shape index (κ3) is 3.11. The molecule has 1 aromatic heterocycles. The lowest BCUT2D eigenvalue weighted by molar-refractivity contribution is 0.0940. The van der Waals surface area contributed by atoms with E-state index in [2.05, 4.69) is 21.2 Å². The number of nitrogens with one attached hydrogen (secondary N) is 1. The second-order valence-corrected chi connectivity index (χ2v) is 5.88. The first-order valence-corrected chi connectivity index (χ1v) is 7.14. The molecule has 2 rings (SSSR count). The number of hydrogen-bond acceptors (Lipinski definition) is 3. The summed E-state index contributed by atoms with van der Waals surface area (Å²) in [5.41, 5.74) is 6.84. The Kier molecular flexibility index (Phi) is 4.04. The lowest BCUT2D eigenvalue weighted by atomic mass is 10.1. The van der Waals surface area contributed by atoms with Crippen LogP contribution in [-0.4, -0.2) is 5.91 Å². The fourth-order valence-corrected chi connectivity index (χ4v) is 2.88. The first-order valence-electron chi connectivity index (χ1n) is 5.46. The highest BCUT2D eigenvalue weighted by Gasteiger charge is 2.12. The lowest BCUT2D eigenvalue weighted by Crippen LogP contribution is -2.26. The summed E-state index contributed by atoms with van der Waals surface area (Å²) in [5.74, 6) is -0.121. The summed E-state index contributed by atoms with van der Waals surface area (Å²) < 4.78 is 0.802. The van der Waals surface area contributed by atoms with Gasteiger partial charge in [0.25, 0.3) is 5.91 Å².